The molecule has 1 aromatic rings. The smallest absolute Gasteiger partial charge is 0.153 e. The topological polar surface area (TPSA) is 29.1 Å². The van der Waals surface area contributed by atoms with E-state index in [1.165, 1.54) is 16.9 Å². The molecule has 0 saturated heterocycles. The van der Waals surface area contributed by atoms with Gasteiger partial charge in [-0.05, 0) is 24.8 Å². The number of rotatable bonds is 2. The number of carbonyl (C=O) groups excluding carboxylic acids is 1. The fourth-order valence-electron chi connectivity index (χ4n) is 1.74. The molecule has 0 bridgehead atoms. The van der Waals surface area contributed by atoms with Gasteiger partial charge >= 0.3 is 0 Å². The minimum Gasteiger partial charge on any atom is -0.379 e. The maximum absolute atomic E-state index is 10.8. The number of hydrogen-bond donors (Lipinski definition) is 1. The zero-order valence-corrected chi connectivity index (χ0v) is 7.83. The van der Waals surface area contributed by atoms with Crippen molar-refractivity contribution in [3.63, 3.8) is 0 Å². The lowest BCUT2D eigenvalue weighted by Crippen LogP contribution is -1.91. The summed E-state index contributed by atoms with van der Waals surface area (Å²) in [5.74, 6) is 0. The molecule has 0 aromatic carbocycles. The third-order valence-corrected chi connectivity index (χ3v) is 3.63. The first-order chi connectivity index (χ1) is 5.86. The van der Waals surface area contributed by atoms with Crippen molar-refractivity contribution in [3.8, 4) is 0 Å². The minimum atomic E-state index is 0.898. The Balaban J connectivity index is 2.53. The molecule has 3 heteroatoms. The molecule has 1 aliphatic carbocycles. The van der Waals surface area contributed by atoms with Gasteiger partial charge in [0.1, 0.15) is 0 Å². The van der Waals surface area contributed by atoms with E-state index in [9.17, 15) is 4.79 Å². The number of anilines is 1. The lowest BCUT2D eigenvalue weighted by molar-refractivity contribution is 0.112. The van der Waals surface area contributed by atoms with Crippen molar-refractivity contribution < 1.29 is 4.79 Å². The first-order valence-electron chi connectivity index (χ1n) is 4.14. The average molecular weight is 181 g/mol. The summed E-state index contributed by atoms with van der Waals surface area (Å²) in [7, 11) is 1.87. The summed E-state index contributed by atoms with van der Waals surface area (Å²) in [6.45, 7) is 0. The van der Waals surface area contributed by atoms with Gasteiger partial charge in [-0.2, -0.15) is 0 Å². The van der Waals surface area contributed by atoms with Crippen molar-refractivity contribution in [2.24, 2.45) is 0 Å². The summed E-state index contributed by atoms with van der Waals surface area (Å²) < 4.78 is 0. The molecule has 1 aromatic heterocycles. The molecule has 0 aliphatic heterocycles. The van der Waals surface area contributed by atoms with Crippen molar-refractivity contribution in [2.75, 3.05) is 12.4 Å². The Kier molecular flexibility index (Phi) is 1.89. The van der Waals surface area contributed by atoms with Crippen LogP contribution in [0.3, 0.4) is 0 Å². The van der Waals surface area contributed by atoms with Gasteiger partial charge in [0, 0.05) is 11.9 Å². The van der Waals surface area contributed by atoms with Crippen LogP contribution in [-0.2, 0) is 12.8 Å². The first kappa shape index (κ1) is 7.80. The highest BCUT2D eigenvalue weighted by Crippen LogP contribution is 2.37. The molecule has 0 spiro atoms. The SMILES string of the molecule is CNc1sc2c(c1C=O)CCC2. The number of aryl methyl sites for hydroxylation is 1. The van der Waals surface area contributed by atoms with Gasteiger partial charge in [-0.15, -0.1) is 11.3 Å². The maximum Gasteiger partial charge on any atom is 0.153 e. The maximum atomic E-state index is 10.8. The Labute approximate surface area is 75.6 Å². The van der Waals surface area contributed by atoms with Gasteiger partial charge in [-0.3, -0.25) is 4.79 Å². The summed E-state index contributed by atoms with van der Waals surface area (Å²) in [5.41, 5.74) is 2.19. The third-order valence-electron chi connectivity index (χ3n) is 2.31. The fraction of sp³-hybridized carbons (Fsp3) is 0.444. The second-order valence-corrected chi connectivity index (χ2v) is 4.07. The Morgan fingerprint density at radius 3 is 3.00 bits per heavy atom. The summed E-state index contributed by atoms with van der Waals surface area (Å²) in [6.07, 6.45) is 4.43. The number of hydrogen-bond acceptors (Lipinski definition) is 3. The van der Waals surface area contributed by atoms with Crippen molar-refractivity contribution >= 4 is 22.6 Å². The average Bonchev–Trinajstić information content (AvgIpc) is 2.61. The predicted molar refractivity (Wildman–Crippen MR) is 51.3 cm³/mol. The van der Waals surface area contributed by atoms with E-state index in [-0.39, 0.29) is 0 Å². The fourth-order valence-corrected chi connectivity index (χ4v) is 2.95. The highest BCUT2D eigenvalue weighted by atomic mass is 32.1. The molecule has 0 fully saturated rings. The molecule has 2 rings (SSSR count). The van der Waals surface area contributed by atoms with Crippen LogP contribution in [0, 0.1) is 0 Å². The van der Waals surface area contributed by atoms with Gasteiger partial charge in [-0.1, -0.05) is 0 Å². The molecular formula is C9H11NOS. The molecule has 1 heterocycles. The molecule has 0 atom stereocenters. The van der Waals surface area contributed by atoms with Gasteiger partial charge in [-0.25, -0.2) is 0 Å². The van der Waals surface area contributed by atoms with E-state index < -0.39 is 0 Å². The standard InChI is InChI=1S/C9H11NOS/c1-10-9-7(5-11)6-3-2-4-8(6)12-9/h5,10H,2-4H2,1H3. The van der Waals surface area contributed by atoms with Gasteiger partial charge in [0.15, 0.2) is 6.29 Å². The zero-order chi connectivity index (χ0) is 8.55. The molecule has 0 unspecified atom stereocenters. The lowest BCUT2D eigenvalue weighted by atomic mass is 10.1. The van der Waals surface area contributed by atoms with Crippen molar-refractivity contribution in [3.05, 3.63) is 16.0 Å². The molecule has 0 amide bonds. The summed E-state index contributed by atoms with van der Waals surface area (Å²) in [5, 5.41) is 4.10. The van der Waals surface area contributed by atoms with Crippen LogP contribution in [0.1, 0.15) is 27.2 Å². The van der Waals surface area contributed by atoms with Crippen LogP contribution < -0.4 is 5.32 Å². The number of thiophene rings is 1. The molecule has 1 aliphatic rings. The van der Waals surface area contributed by atoms with Crippen LogP contribution in [-0.4, -0.2) is 13.3 Å². The Bertz CT molecular complexity index is 317. The molecule has 0 saturated carbocycles. The van der Waals surface area contributed by atoms with Crippen LogP contribution in [0.15, 0.2) is 0 Å². The largest absolute Gasteiger partial charge is 0.379 e. The van der Waals surface area contributed by atoms with E-state index in [1.54, 1.807) is 11.3 Å². The van der Waals surface area contributed by atoms with E-state index in [1.807, 2.05) is 7.05 Å². The monoisotopic (exact) mass is 181 g/mol. The predicted octanol–water partition coefficient (Wildman–Crippen LogP) is 2.09. The van der Waals surface area contributed by atoms with Crippen molar-refractivity contribution in [1.29, 1.82) is 0 Å². The molecule has 64 valence electrons. The minimum absolute atomic E-state index is 0.898. The van der Waals surface area contributed by atoms with Crippen LogP contribution in [0.2, 0.25) is 0 Å². The summed E-state index contributed by atoms with van der Waals surface area (Å²) >= 11 is 1.73. The van der Waals surface area contributed by atoms with E-state index >= 15 is 0 Å². The van der Waals surface area contributed by atoms with Gasteiger partial charge in [0.2, 0.25) is 0 Å². The summed E-state index contributed by atoms with van der Waals surface area (Å²) in [6, 6.07) is 0. The first-order valence-corrected chi connectivity index (χ1v) is 4.96. The highest BCUT2D eigenvalue weighted by molar-refractivity contribution is 7.16. The van der Waals surface area contributed by atoms with Gasteiger partial charge in [0.25, 0.3) is 0 Å². The van der Waals surface area contributed by atoms with Gasteiger partial charge < -0.3 is 5.32 Å². The van der Waals surface area contributed by atoms with Crippen LogP contribution >= 0.6 is 11.3 Å². The molecule has 12 heavy (non-hydrogen) atoms. The van der Waals surface area contributed by atoms with Crippen LogP contribution in [0.4, 0.5) is 5.00 Å². The van der Waals surface area contributed by atoms with E-state index in [4.69, 9.17) is 0 Å². The Morgan fingerprint density at radius 1 is 1.50 bits per heavy atom. The van der Waals surface area contributed by atoms with E-state index in [0.717, 1.165) is 29.7 Å². The van der Waals surface area contributed by atoms with Crippen molar-refractivity contribution in [2.45, 2.75) is 19.3 Å². The summed E-state index contributed by atoms with van der Waals surface area (Å²) in [4.78, 5) is 12.2. The second-order valence-electron chi connectivity index (χ2n) is 2.97. The Hall–Kier alpha value is -0.830. The van der Waals surface area contributed by atoms with Crippen LogP contribution in [0.25, 0.3) is 0 Å². The van der Waals surface area contributed by atoms with Gasteiger partial charge in [0.05, 0.1) is 10.6 Å². The number of aldehydes is 1. The third kappa shape index (κ3) is 0.966. The normalized spacial score (nSPS) is 14.4. The second kappa shape index (κ2) is 2.90. The number of carbonyl (C=O) groups is 1. The quantitative estimate of drug-likeness (QED) is 0.708. The van der Waals surface area contributed by atoms with Crippen molar-refractivity contribution in [1.82, 2.24) is 0 Å². The van der Waals surface area contributed by atoms with E-state index in [0.29, 0.717) is 0 Å². The number of fused-ring (bicyclic) bond motifs is 1. The molecule has 1 N–H and O–H groups in total. The molecule has 0 radical (unpaired) electrons. The molecule has 2 nitrogen and oxygen atoms in total. The Morgan fingerprint density at radius 2 is 2.33 bits per heavy atom. The van der Waals surface area contributed by atoms with Crippen LogP contribution in [0.5, 0.6) is 0 Å². The zero-order valence-electron chi connectivity index (χ0n) is 7.02. The van der Waals surface area contributed by atoms with E-state index in [2.05, 4.69) is 5.32 Å². The lowest BCUT2D eigenvalue weighted by Gasteiger charge is -1.96. The molecular weight excluding hydrogens is 170 g/mol. The number of nitrogens with one attached hydrogen (secondary N) is 1. The highest BCUT2D eigenvalue weighted by Gasteiger charge is 2.20.